The van der Waals surface area contributed by atoms with Gasteiger partial charge in [-0.25, -0.2) is 4.98 Å². The lowest BCUT2D eigenvalue weighted by Crippen LogP contribution is -2.23. The lowest BCUT2D eigenvalue weighted by atomic mass is 10.1. The number of aryl methyl sites for hydroxylation is 2. The third kappa shape index (κ3) is 5.84. The minimum Gasteiger partial charge on any atom is -0.497 e. The number of hydrogen-bond donors (Lipinski definition) is 3. The van der Waals surface area contributed by atoms with Crippen molar-refractivity contribution in [2.24, 2.45) is 0 Å². The van der Waals surface area contributed by atoms with Crippen LogP contribution in [0.25, 0.3) is 0 Å². The normalized spacial score (nSPS) is 10.5. The van der Waals surface area contributed by atoms with Gasteiger partial charge < -0.3 is 15.4 Å². The number of amides is 2. The molecule has 9 heteroatoms. The van der Waals surface area contributed by atoms with E-state index >= 15 is 0 Å². The van der Waals surface area contributed by atoms with Gasteiger partial charge in [-0.05, 0) is 55.3 Å². The number of carbonyl (C=O) groups is 2. The average molecular weight is 426 g/mol. The first-order valence-electron chi connectivity index (χ1n) is 9.28. The molecule has 3 N–H and O–H groups in total. The maximum Gasteiger partial charge on any atom is 0.251 e. The summed E-state index contributed by atoms with van der Waals surface area (Å²) in [5, 5.41) is 13.0. The molecule has 0 bridgehead atoms. The average Bonchev–Trinajstić information content (AvgIpc) is 3.21. The van der Waals surface area contributed by atoms with E-state index in [0.29, 0.717) is 22.3 Å². The maximum absolute atomic E-state index is 12.2. The zero-order valence-corrected chi connectivity index (χ0v) is 17.8. The molecule has 1 heterocycles. The number of rotatable bonds is 8. The summed E-state index contributed by atoms with van der Waals surface area (Å²) in [6, 6.07) is 12.7. The highest BCUT2D eigenvalue weighted by molar-refractivity contribution is 7.99. The Balaban J connectivity index is 1.47. The quantitative estimate of drug-likeness (QED) is 0.479. The van der Waals surface area contributed by atoms with Crippen LogP contribution in [0.5, 0.6) is 5.75 Å². The third-order valence-electron chi connectivity index (χ3n) is 4.28. The molecule has 0 saturated heterocycles. The summed E-state index contributed by atoms with van der Waals surface area (Å²) in [6.07, 6.45) is 0. The van der Waals surface area contributed by atoms with Crippen molar-refractivity contribution in [2.75, 3.05) is 18.2 Å². The first-order chi connectivity index (χ1) is 14.4. The van der Waals surface area contributed by atoms with E-state index in [4.69, 9.17) is 4.74 Å². The monoisotopic (exact) mass is 425 g/mol. The summed E-state index contributed by atoms with van der Waals surface area (Å²) in [6.45, 7) is 4.13. The molecule has 1 aromatic heterocycles. The molecule has 0 aliphatic rings. The Morgan fingerprint density at radius 3 is 2.63 bits per heavy atom. The van der Waals surface area contributed by atoms with Crippen molar-refractivity contribution in [3.8, 4) is 5.75 Å². The Morgan fingerprint density at radius 2 is 1.90 bits per heavy atom. The van der Waals surface area contributed by atoms with E-state index in [2.05, 4.69) is 25.8 Å². The predicted octanol–water partition coefficient (Wildman–Crippen LogP) is 3.09. The van der Waals surface area contributed by atoms with E-state index in [0.717, 1.165) is 16.8 Å². The fourth-order valence-corrected chi connectivity index (χ4v) is 3.23. The molecule has 0 atom stereocenters. The van der Waals surface area contributed by atoms with Crippen molar-refractivity contribution >= 4 is 29.3 Å². The van der Waals surface area contributed by atoms with E-state index in [1.807, 2.05) is 32.0 Å². The number of ether oxygens (including phenoxy) is 1. The molecule has 0 unspecified atom stereocenters. The molecule has 0 radical (unpaired) electrons. The van der Waals surface area contributed by atoms with Crippen molar-refractivity contribution in [3.63, 3.8) is 0 Å². The molecule has 0 fully saturated rings. The summed E-state index contributed by atoms with van der Waals surface area (Å²) in [7, 11) is 1.57. The SMILES string of the molecule is COc1ccc(C(=O)NCc2nc(SCC(=O)Nc3cc(C)ccc3C)n[nH]2)cc1. The Kier molecular flexibility index (Phi) is 7.08. The molecular weight excluding hydrogens is 402 g/mol. The molecule has 156 valence electrons. The van der Waals surface area contributed by atoms with Gasteiger partial charge in [0.15, 0.2) is 0 Å². The number of methoxy groups -OCH3 is 1. The second kappa shape index (κ2) is 9.93. The molecule has 2 aromatic carbocycles. The Bertz CT molecular complexity index is 1030. The number of aromatic nitrogens is 3. The van der Waals surface area contributed by atoms with Crippen molar-refractivity contribution < 1.29 is 14.3 Å². The van der Waals surface area contributed by atoms with Crippen LogP contribution in [0.4, 0.5) is 5.69 Å². The van der Waals surface area contributed by atoms with Crippen LogP contribution >= 0.6 is 11.8 Å². The Labute approximate surface area is 178 Å². The fraction of sp³-hybridized carbons (Fsp3) is 0.238. The van der Waals surface area contributed by atoms with Crippen LogP contribution < -0.4 is 15.4 Å². The fourth-order valence-electron chi connectivity index (χ4n) is 2.62. The van der Waals surface area contributed by atoms with Crippen molar-refractivity contribution in [1.29, 1.82) is 0 Å². The molecule has 3 aromatic rings. The largest absolute Gasteiger partial charge is 0.497 e. The summed E-state index contributed by atoms with van der Waals surface area (Å²) < 4.78 is 5.08. The molecule has 0 spiro atoms. The van der Waals surface area contributed by atoms with Crippen LogP contribution in [-0.2, 0) is 11.3 Å². The standard InChI is InChI=1S/C21H23N5O3S/c1-13-4-5-14(2)17(10-13)23-19(27)12-30-21-24-18(25-26-21)11-22-20(28)15-6-8-16(29-3)9-7-15/h4-10H,11-12H2,1-3H3,(H,22,28)(H,23,27)(H,24,25,26). The van der Waals surface area contributed by atoms with E-state index in [1.54, 1.807) is 31.4 Å². The minimum absolute atomic E-state index is 0.132. The summed E-state index contributed by atoms with van der Waals surface area (Å²) in [5.41, 5.74) is 3.41. The van der Waals surface area contributed by atoms with Gasteiger partial charge in [0.1, 0.15) is 11.6 Å². The summed E-state index contributed by atoms with van der Waals surface area (Å²) in [4.78, 5) is 28.7. The van der Waals surface area contributed by atoms with Gasteiger partial charge in [0.05, 0.1) is 19.4 Å². The number of thioether (sulfide) groups is 1. The van der Waals surface area contributed by atoms with Crippen LogP contribution in [0.3, 0.4) is 0 Å². The topological polar surface area (TPSA) is 109 Å². The number of anilines is 1. The van der Waals surface area contributed by atoms with Crippen LogP contribution in [0.15, 0.2) is 47.6 Å². The number of nitrogens with zero attached hydrogens (tertiary/aromatic N) is 2. The van der Waals surface area contributed by atoms with Gasteiger partial charge in [-0.15, -0.1) is 5.10 Å². The zero-order valence-electron chi connectivity index (χ0n) is 17.0. The molecular formula is C21H23N5O3S. The van der Waals surface area contributed by atoms with Gasteiger partial charge in [-0.1, -0.05) is 23.9 Å². The number of benzene rings is 2. The maximum atomic E-state index is 12.2. The predicted molar refractivity (Wildman–Crippen MR) is 116 cm³/mol. The van der Waals surface area contributed by atoms with Gasteiger partial charge in [0, 0.05) is 11.3 Å². The molecule has 2 amide bonds. The Morgan fingerprint density at radius 1 is 1.13 bits per heavy atom. The number of carbonyl (C=O) groups excluding carboxylic acids is 2. The Hall–Kier alpha value is -3.33. The van der Waals surface area contributed by atoms with Gasteiger partial charge >= 0.3 is 0 Å². The van der Waals surface area contributed by atoms with Crippen molar-refractivity contribution in [2.45, 2.75) is 25.5 Å². The molecule has 30 heavy (non-hydrogen) atoms. The van der Waals surface area contributed by atoms with E-state index in [1.165, 1.54) is 11.8 Å². The van der Waals surface area contributed by atoms with Crippen molar-refractivity contribution in [1.82, 2.24) is 20.5 Å². The molecule has 8 nitrogen and oxygen atoms in total. The first kappa shape index (κ1) is 21.4. The number of H-pyrrole nitrogens is 1. The van der Waals surface area contributed by atoms with Crippen molar-refractivity contribution in [3.05, 3.63) is 65.0 Å². The molecule has 0 aliphatic carbocycles. The van der Waals surface area contributed by atoms with Gasteiger partial charge in [0.2, 0.25) is 11.1 Å². The second-order valence-corrected chi connectivity index (χ2v) is 7.57. The highest BCUT2D eigenvalue weighted by Gasteiger charge is 2.11. The van der Waals surface area contributed by atoms with E-state index < -0.39 is 0 Å². The van der Waals surface area contributed by atoms with Crippen LogP contribution in [0.1, 0.15) is 27.3 Å². The van der Waals surface area contributed by atoms with E-state index in [9.17, 15) is 9.59 Å². The van der Waals surface area contributed by atoms with Crippen LogP contribution in [0.2, 0.25) is 0 Å². The van der Waals surface area contributed by atoms with Crippen LogP contribution in [-0.4, -0.2) is 39.9 Å². The van der Waals surface area contributed by atoms with Gasteiger partial charge in [-0.2, -0.15) is 0 Å². The first-order valence-corrected chi connectivity index (χ1v) is 10.3. The minimum atomic E-state index is -0.226. The zero-order chi connectivity index (χ0) is 21.5. The number of hydrogen-bond acceptors (Lipinski definition) is 6. The molecule has 0 aliphatic heterocycles. The third-order valence-corrected chi connectivity index (χ3v) is 5.13. The number of nitrogens with one attached hydrogen (secondary N) is 3. The lowest BCUT2D eigenvalue weighted by Gasteiger charge is -2.08. The molecule has 3 rings (SSSR count). The van der Waals surface area contributed by atoms with Gasteiger partial charge in [0.25, 0.3) is 5.91 Å². The summed E-state index contributed by atoms with van der Waals surface area (Å²) >= 11 is 1.22. The smallest absolute Gasteiger partial charge is 0.251 e. The highest BCUT2D eigenvalue weighted by Crippen LogP contribution is 2.18. The lowest BCUT2D eigenvalue weighted by molar-refractivity contribution is -0.113. The number of aromatic amines is 1. The highest BCUT2D eigenvalue weighted by atomic mass is 32.2. The summed E-state index contributed by atoms with van der Waals surface area (Å²) in [5.74, 6) is 1.02. The van der Waals surface area contributed by atoms with E-state index in [-0.39, 0.29) is 24.1 Å². The molecule has 0 saturated carbocycles. The van der Waals surface area contributed by atoms with Crippen LogP contribution in [0, 0.1) is 13.8 Å². The second-order valence-electron chi connectivity index (χ2n) is 6.63. The van der Waals surface area contributed by atoms with Gasteiger partial charge in [-0.3, -0.25) is 14.7 Å².